The minimum atomic E-state index is -4.56. The predicted octanol–water partition coefficient (Wildman–Crippen LogP) is 4.27. The summed E-state index contributed by atoms with van der Waals surface area (Å²) in [4.78, 5) is 37.7. The summed E-state index contributed by atoms with van der Waals surface area (Å²) in [5.41, 5.74) is -1.55. The van der Waals surface area contributed by atoms with Gasteiger partial charge in [0.05, 0.1) is 37.1 Å². The van der Waals surface area contributed by atoms with E-state index in [1.54, 1.807) is 31.2 Å². The molecule has 4 aromatic rings. The first-order valence-corrected chi connectivity index (χ1v) is 12.0. The Morgan fingerprint density at radius 2 is 1.58 bits per heavy atom. The molecule has 0 fully saturated rings. The Balaban J connectivity index is 1.83. The largest absolute Gasteiger partial charge is 0.280 e. The Morgan fingerprint density at radius 1 is 0.972 bits per heavy atom. The van der Waals surface area contributed by atoms with Gasteiger partial charge in [0.1, 0.15) is 16.3 Å². The van der Waals surface area contributed by atoms with Crippen LogP contribution in [0.25, 0.3) is 16.6 Å². The van der Waals surface area contributed by atoms with Crippen LogP contribution in [0.4, 0.5) is 17.1 Å². The van der Waals surface area contributed by atoms with Gasteiger partial charge in [-0.25, -0.2) is 13.4 Å². The SMILES string of the molecule is Cc1c([N+](=O)[O-])cc(S(=O)(=O)Nc2cc(-n3c(C)nc4ccccc4c3=O)ccc2Cl)cc1[N+](=O)[O-]. The second-order valence-electron chi connectivity index (χ2n) is 7.69. The quantitative estimate of drug-likeness (QED) is 0.285. The van der Waals surface area contributed by atoms with Crippen LogP contribution in [0.3, 0.4) is 0 Å². The Labute approximate surface area is 208 Å². The van der Waals surface area contributed by atoms with Crippen LogP contribution in [0.2, 0.25) is 5.02 Å². The van der Waals surface area contributed by atoms with Gasteiger partial charge in [0, 0.05) is 12.1 Å². The molecule has 14 heteroatoms. The molecule has 0 radical (unpaired) electrons. The third-order valence-electron chi connectivity index (χ3n) is 5.43. The number of halogens is 1. The van der Waals surface area contributed by atoms with Crippen molar-refractivity contribution in [2.24, 2.45) is 0 Å². The lowest BCUT2D eigenvalue weighted by molar-refractivity contribution is -0.395. The maximum absolute atomic E-state index is 13.1. The number of nitrogens with zero attached hydrogens (tertiary/aromatic N) is 4. The van der Waals surface area contributed by atoms with Crippen LogP contribution in [-0.2, 0) is 10.0 Å². The van der Waals surface area contributed by atoms with E-state index in [-0.39, 0.29) is 27.5 Å². The molecule has 184 valence electrons. The highest BCUT2D eigenvalue weighted by Crippen LogP contribution is 2.33. The fraction of sp³-hybridized carbons (Fsp3) is 0.0909. The summed E-state index contributed by atoms with van der Waals surface area (Å²) < 4.78 is 29.6. The van der Waals surface area contributed by atoms with E-state index in [9.17, 15) is 33.4 Å². The molecule has 1 aromatic heterocycles. The maximum atomic E-state index is 13.1. The van der Waals surface area contributed by atoms with Crippen LogP contribution >= 0.6 is 11.6 Å². The lowest BCUT2D eigenvalue weighted by atomic mass is 10.1. The normalized spacial score (nSPS) is 11.4. The molecule has 3 aromatic carbocycles. The van der Waals surface area contributed by atoms with E-state index in [2.05, 4.69) is 9.71 Å². The number of nitro groups is 2. The van der Waals surface area contributed by atoms with Gasteiger partial charge in [-0.3, -0.25) is 34.3 Å². The molecule has 36 heavy (non-hydrogen) atoms. The van der Waals surface area contributed by atoms with Crippen molar-refractivity contribution in [1.82, 2.24) is 9.55 Å². The number of nitrogens with one attached hydrogen (secondary N) is 1. The Morgan fingerprint density at radius 3 is 2.19 bits per heavy atom. The second kappa shape index (κ2) is 9.02. The van der Waals surface area contributed by atoms with Crippen molar-refractivity contribution < 1.29 is 18.3 Å². The fourth-order valence-corrected chi connectivity index (χ4v) is 5.01. The number of para-hydroxylation sites is 1. The van der Waals surface area contributed by atoms with Crippen molar-refractivity contribution in [1.29, 1.82) is 0 Å². The molecule has 4 rings (SSSR count). The molecule has 0 bridgehead atoms. The average Bonchev–Trinajstić information content (AvgIpc) is 2.80. The fourth-order valence-electron chi connectivity index (χ4n) is 3.68. The van der Waals surface area contributed by atoms with Gasteiger partial charge in [0.15, 0.2) is 0 Å². The van der Waals surface area contributed by atoms with Crippen molar-refractivity contribution in [2.45, 2.75) is 18.7 Å². The van der Waals surface area contributed by atoms with Crippen LogP contribution in [-0.4, -0.2) is 27.8 Å². The summed E-state index contributed by atoms with van der Waals surface area (Å²) in [5.74, 6) is 0.333. The van der Waals surface area contributed by atoms with E-state index in [4.69, 9.17) is 11.6 Å². The Hall–Kier alpha value is -4.36. The Kier molecular flexibility index (Phi) is 6.20. The molecular formula is C22H16ClN5O7S. The van der Waals surface area contributed by atoms with Crippen LogP contribution < -0.4 is 10.3 Å². The first-order valence-electron chi connectivity index (χ1n) is 10.2. The van der Waals surface area contributed by atoms with Gasteiger partial charge in [0.2, 0.25) is 0 Å². The van der Waals surface area contributed by atoms with Crippen molar-refractivity contribution in [2.75, 3.05) is 4.72 Å². The lowest BCUT2D eigenvalue weighted by Crippen LogP contribution is -2.22. The Bertz CT molecular complexity index is 1720. The lowest BCUT2D eigenvalue weighted by Gasteiger charge is -2.14. The number of hydrogen-bond acceptors (Lipinski definition) is 8. The number of sulfonamides is 1. The van der Waals surface area contributed by atoms with E-state index in [1.807, 2.05) is 0 Å². The summed E-state index contributed by atoms with van der Waals surface area (Å²) in [5, 5.41) is 23.0. The molecule has 1 heterocycles. The van der Waals surface area contributed by atoms with E-state index in [0.717, 1.165) is 19.1 Å². The van der Waals surface area contributed by atoms with Crippen molar-refractivity contribution in [3.63, 3.8) is 0 Å². The van der Waals surface area contributed by atoms with Gasteiger partial charge in [-0.2, -0.15) is 0 Å². The molecule has 0 atom stereocenters. The molecule has 0 aliphatic heterocycles. The molecule has 0 spiro atoms. The highest BCUT2D eigenvalue weighted by Gasteiger charge is 2.28. The highest BCUT2D eigenvalue weighted by atomic mass is 35.5. The number of hydrogen-bond donors (Lipinski definition) is 1. The molecule has 0 aliphatic carbocycles. The zero-order valence-corrected chi connectivity index (χ0v) is 20.2. The van der Waals surface area contributed by atoms with Gasteiger partial charge < -0.3 is 0 Å². The van der Waals surface area contributed by atoms with E-state index in [0.29, 0.717) is 16.7 Å². The summed E-state index contributed by atoms with van der Waals surface area (Å²) in [6, 6.07) is 12.3. The smallest absolute Gasteiger partial charge is 0.278 e. The predicted molar refractivity (Wildman–Crippen MR) is 132 cm³/mol. The third kappa shape index (κ3) is 4.36. The summed E-state index contributed by atoms with van der Waals surface area (Å²) in [6.07, 6.45) is 0. The van der Waals surface area contributed by atoms with Gasteiger partial charge in [-0.1, -0.05) is 23.7 Å². The maximum Gasteiger partial charge on any atom is 0.280 e. The molecule has 0 saturated heterocycles. The van der Waals surface area contributed by atoms with E-state index in [1.165, 1.54) is 22.8 Å². The summed E-state index contributed by atoms with van der Waals surface area (Å²) >= 11 is 6.19. The summed E-state index contributed by atoms with van der Waals surface area (Å²) in [6.45, 7) is 2.76. The van der Waals surface area contributed by atoms with E-state index >= 15 is 0 Å². The van der Waals surface area contributed by atoms with Crippen molar-refractivity contribution in [3.05, 3.63) is 102 Å². The molecule has 1 N–H and O–H groups in total. The average molecular weight is 530 g/mol. The molecule has 0 unspecified atom stereocenters. The number of fused-ring (bicyclic) bond motifs is 1. The molecule has 0 saturated carbocycles. The molecule has 12 nitrogen and oxygen atoms in total. The highest BCUT2D eigenvalue weighted by molar-refractivity contribution is 7.92. The molecule has 0 aliphatic rings. The van der Waals surface area contributed by atoms with Gasteiger partial charge in [-0.15, -0.1) is 0 Å². The minimum Gasteiger partial charge on any atom is -0.278 e. The van der Waals surface area contributed by atoms with Crippen molar-refractivity contribution >= 4 is 49.6 Å². The number of benzene rings is 3. The molecule has 0 amide bonds. The zero-order valence-electron chi connectivity index (χ0n) is 18.6. The zero-order chi connectivity index (χ0) is 26.4. The van der Waals surface area contributed by atoms with Crippen molar-refractivity contribution in [3.8, 4) is 5.69 Å². The molecular weight excluding hydrogens is 514 g/mol. The van der Waals surface area contributed by atoms with Crippen LogP contribution in [0.1, 0.15) is 11.4 Å². The van der Waals surface area contributed by atoms with Crippen LogP contribution in [0.15, 0.2) is 64.3 Å². The number of aryl methyl sites for hydroxylation is 1. The summed E-state index contributed by atoms with van der Waals surface area (Å²) in [7, 11) is -4.56. The number of nitro benzene ring substituents is 2. The minimum absolute atomic E-state index is 0.0436. The third-order valence-corrected chi connectivity index (χ3v) is 7.10. The number of anilines is 1. The van der Waals surface area contributed by atoms with Gasteiger partial charge >= 0.3 is 0 Å². The van der Waals surface area contributed by atoms with Gasteiger partial charge in [0.25, 0.3) is 27.0 Å². The topological polar surface area (TPSA) is 167 Å². The van der Waals surface area contributed by atoms with Crippen LogP contribution in [0, 0.1) is 34.1 Å². The van der Waals surface area contributed by atoms with Gasteiger partial charge in [-0.05, 0) is 44.2 Å². The number of aromatic nitrogens is 2. The van der Waals surface area contributed by atoms with E-state index < -0.39 is 36.1 Å². The first kappa shape index (κ1) is 24.8. The standard InChI is InChI=1S/C22H16ClN5O7S/c1-12-20(27(30)31)10-15(11-21(12)28(32)33)36(34,35)25-19-9-14(7-8-17(19)23)26-13(2)24-18-6-4-3-5-16(18)22(26)29/h3-11,25H,1-2H3. The second-order valence-corrected chi connectivity index (χ2v) is 9.78. The van der Waals surface area contributed by atoms with Crippen LogP contribution in [0.5, 0.6) is 0 Å². The monoisotopic (exact) mass is 529 g/mol. The first-order chi connectivity index (χ1) is 16.9. The number of rotatable bonds is 6.